The average molecular weight is 300 g/mol. The van der Waals surface area contributed by atoms with E-state index in [1.165, 1.54) is 12.1 Å². The monoisotopic (exact) mass is 300 g/mol. The molecule has 0 aliphatic heterocycles. The van der Waals surface area contributed by atoms with Crippen molar-refractivity contribution in [2.45, 2.75) is 0 Å². The molecule has 0 aliphatic carbocycles. The largest absolute Gasteiger partial charge is 0.457 e. The highest BCUT2D eigenvalue weighted by Crippen LogP contribution is 2.11. The maximum atomic E-state index is 11.8. The van der Waals surface area contributed by atoms with Crippen LogP contribution in [0.1, 0.15) is 22.6 Å². The molecule has 0 atom stereocenters. The van der Waals surface area contributed by atoms with Gasteiger partial charge in [0.05, 0.1) is 0 Å². The van der Waals surface area contributed by atoms with Gasteiger partial charge in [-0.3, -0.25) is 4.79 Å². The molecule has 0 spiro atoms. The van der Waals surface area contributed by atoms with E-state index in [9.17, 15) is 4.79 Å². The Morgan fingerprint density at radius 3 is 1.48 bits per heavy atom. The van der Waals surface area contributed by atoms with Crippen LogP contribution in [0.25, 0.3) is 24.3 Å². The summed E-state index contributed by atoms with van der Waals surface area (Å²) in [6, 6.07) is 22.7. The number of benzene rings is 2. The first-order valence-electron chi connectivity index (χ1n) is 7.41. The molecule has 112 valence electrons. The van der Waals surface area contributed by atoms with Crippen molar-refractivity contribution < 1.29 is 4.42 Å². The molecule has 0 saturated heterocycles. The third-order valence-electron chi connectivity index (χ3n) is 3.28. The molecular formula is C21H16O2. The molecule has 0 saturated carbocycles. The molecule has 0 N–H and O–H groups in total. The van der Waals surface area contributed by atoms with Crippen molar-refractivity contribution in [3.63, 3.8) is 0 Å². The maximum Gasteiger partial charge on any atom is 0.186 e. The first kappa shape index (κ1) is 14.8. The van der Waals surface area contributed by atoms with Gasteiger partial charge in [0.2, 0.25) is 0 Å². The molecule has 0 radical (unpaired) electrons. The molecule has 1 heterocycles. The number of hydrogen-bond donors (Lipinski definition) is 0. The van der Waals surface area contributed by atoms with Gasteiger partial charge >= 0.3 is 0 Å². The molecule has 0 aliphatic rings. The summed E-state index contributed by atoms with van der Waals surface area (Å²) in [7, 11) is 0. The van der Waals surface area contributed by atoms with Crippen LogP contribution in [0, 0.1) is 0 Å². The van der Waals surface area contributed by atoms with E-state index in [1.807, 2.05) is 72.8 Å². The van der Waals surface area contributed by atoms with Crippen molar-refractivity contribution in [2.24, 2.45) is 0 Å². The first-order chi connectivity index (χ1) is 11.3. The minimum Gasteiger partial charge on any atom is -0.457 e. The second-order valence-electron chi connectivity index (χ2n) is 5.09. The van der Waals surface area contributed by atoms with Crippen molar-refractivity contribution in [3.05, 3.63) is 106 Å². The molecule has 2 aromatic carbocycles. The van der Waals surface area contributed by atoms with Crippen molar-refractivity contribution in [3.8, 4) is 0 Å². The zero-order chi connectivity index (χ0) is 15.9. The summed E-state index contributed by atoms with van der Waals surface area (Å²) in [6.45, 7) is 0. The topological polar surface area (TPSA) is 30.2 Å². The third-order valence-corrected chi connectivity index (χ3v) is 3.28. The second-order valence-corrected chi connectivity index (χ2v) is 5.09. The van der Waals surface area contributed by atoms with Gasteiger partial charge in [-0.05, 0) is 23.3 Å². The summed E-state index contributed by atoms with van der Waals surface area (Å²) in [5, 5.41) is 0. The lowest BCUT2D eigenvalue weighted by molar-refractivity contribution is 0.528. The van der Waals surface area contributed by atoms with Crippen LogP contribution in [0.3, 0.4) is 0 Å². The highest BCUT2D eigenvalue weighted by atomic mass is 16.3. The zero-order valence-electron chi connectivity index (χ0n) is 12.6. The van der Waals surface area contributed by atoms with Gasteiger partial charge in [0.25, 0.3) is 0 Å². The standard InChI is InChI=1S/C21H16O2/c22-19-15-20(13-11-17-7-3-1-4-8-17)23-21(16-19)14-12-18-9-5-2-6-10-18/h1-16H. The van der Waals surface area contributed by atoms with Gasteiger partial charge in [0, 0.05) is 12.1 Å². The van der Waals surface area contributed by atoms with Gasteiger partial charge in [-0.1, -0.05) is 72.8 Å². The predicted molar refractivity (Wildman–Crippen MR) is 95.7 cm³/mol. The summed E-state index contributed by atoms with van der Waals surface area (Å²) in [4.78, 5) is 11.8. The highest BCUT2D eigenvalue weighted by molar-refractivity contribution is 5.69. The summed E-state index contributed by atoms with van der Waals surface area (Å²) in [5.41, 5.74) is 2.04. The predicted octanol–water partition coefficient (Wildman–Crippen LogP) is 4.98. The normalized spacial score (nSPS) is 11.3. The fourth-order valence-corrected chi connectivity index (χ4v) is 2.17. The minimum atomic E-state index is -0.0725. The van der Waals surface area contributed by atoms with E-state index in [0.717, 1.165) is 11.1 Å². The Kier molecular flexibility index (Phi) is 4.65. The summed E-state index contributed by atoms with van der Waals surface area (Å²) < 4.78 is 5.73. The fourth-order valence-electron chi connectivity index (χ4n) is 2.17. The average Bonchev–Trinajstić information content (AvgIpc) is 2.60. The van der Waals surface area contributed by atoms with E-state index in [4.69, 9.17) is 4.42 Å². The Morgan fingerprint density at radius 2 is 1.04 bits per heavy atom. The SMILES string of the molecule is O=c1cc(C=Cc2ccccc2)oc(C=Cc2ccccc2)c1. The molecule has 3 rings (SSSR count). The third kappa shape index (κ3) is 4.42. The molecule has 23 heavy (non-hydrogen) atoms. The van der Waals surface area contributed by atoms with Crippen LogP contribution < -0.4 is 5.43 Å². The molecule has 0 unspecified atom stereocenters. The lowest BCUT2D eigenvalue weighted by atomic mass is 10.2. The Hall–Kier alpha value is -3.13. The van der Waals surface area contributed by atoms with Crippen molar-refractivity contribution in [2.75, 3.05) is 0 Å². The zero-order valence-corrected chi connectivity index (χ0v) is 12.6. The molecule has 0 bridgehead atoms. The molecule has 0 fully saturated rings. The van der Waals surface area contributed by atoms with Crippen LogP contribution in [0.2, 0.25) is 0 Å². The molecule has 1 aromatic heterocycles. The maximum absolute atomic E-state index is 11.8. The van der Waals surface area contributed by atoms with Crippen LogP contribution >= 0.6 is 0 Å². The van der Waals surface area contributed by atoms with Crippen LogP contribution in [0.5, 0.6) is 0 Å². The minimum absolute atomic E-state index is 0.0725. The molecule has 0 amide bonds. The molecular weight excluding hydrogens is 284 g/mol. The molecule has 2 heteroatoms. The van der Waals surface area contributed by atoms with Crippen LogP contribution in [-0.4, -0.2) is 0 Å². The van der Waals surface area contributed by atoms with E-state index in [1.54, 1.807) is 12.2 Å². The lowest BCUT2D eigenvalue weighted by Gasteiger charge is -1.97. The Labute approximate surface area is 135 Å². The summed E-state index contributed by atoms with van der Waals surface area (Å²) in [5.74, 6) is 1.07. The van der Waals surface area contributed by atoms with E-state index in [-0.39, 0.29) is 5.43 Å². The number of rotatable bonds is 4. The van der Waals surface area contributed by atoms with E-state index >= 15 is 0 Å². The van der Waals surface area contributed by atoms with Gasteiger partial charge in [0.15, 0.2) is 5.43 Å². The van der Waals surface area contributed by atoms with E-state index in [2.05, 4.69) is 0 Å². The van der Waals surface area contributed by atoms with Gasteiger partial charge in [-0.2, -0.15) is 0 Å². The summed E-state index contributed by atoms with van der Waals surface area (Å²) in [6.07, 6.45) is 7.44. The number of hydrogen-bond acceptors (Lipinski definition) is 2. The fraction of sp³-hybridized carbons (Fsp3) is 0. The molecule has 3 aromatic rings. The molecule has 2 nitrogen and oxygen atoms in total. The van der Waals surface area contributed by atoms with Crippen LogP contribution in [0.4, 0.5) is 0 Å². The highest BCUT2D eigenvalue weighted by Gasteiger charge is 1.97. The van der Waals surface area contributed by atoms with E-state index in [0.29, 0.717) is 11.5 Å². The Morgan fingerprint density at radius 1 is 0.609 bits per heavy atom. The van der Waals surface area contributed by atoms with Gasteiger partial charge in [-0.15, -0.1) is 0 Å². The van der Waals surface area contributed by atoms with Crippen molar-refractivity contribution in [1.82, 2.24) is 0 Å². The van der Waals surface area contributed by atoms with E-state index < -0.39 is 0 Å². The Bertz CT molecular complexity index is 802. The van der Waals surface area contributed by atoms with Gasteiger partial charge in [-0.25, -0.2) is 0 Å². The van der Waals surface area contributed by atoms with Crippen molar-refractivity contribution in [1.29, 1.82) is 0 Å². The van der Waals surface area contributed by atoms with Gasteiger partial charge < -0.3 is 4.42 Å². The quantitative estimate of drug-likeness (QED) is 0.680. The first-order valence-corrected chi connectivity index (χ1v) is 7.41. The van der Waals surface area contributed by atoms with Crippen LogP contribution in [-0.2, 0) is 0 Å². The lowest BCUT2D eigenvalue weighted by Crippen LogP contribution is -1.97. The van der Waals surface area contributed by atoms with Crippen LogP contribution in [0.15, 0.2) is 82.0 Å². The second kappa shape index (κ2) is 7.23. The smallest absolute Gasteiger partial charge is 0.186 e. The summed E-state index contributed by atoms with van der Waals surface area (Å²) >= 11 is 0. The van der Waals surface area contributed by atoms with Crippen molar-refractivity contribution >= 4 is 24.3 Å². The van der Waals surface area contributed by atoms with Gasteiger partial charge in [0.1, 0.15) is 11.5 Å². The Balaban J connectivity index is 1.83.